The number of rotatable bonds is 3. The number of nitrogens with one attached hydrogen (secondary N) is 1. The summed E-state index contributed by atoms with van der Waals surface area (Å²) in [7, 11) is 0. The number of benzene rings is 2. The van der Waals surface area contributed by atoms with E-state index < -0.39 is 6.23 Å². The Labute approximate surface area is 153 Å². The van der Waals surface area contributed by atoms with Crippen molar-refractivity contribution >= 4 is 21.6 Å². The molecule has 2 heterocycles. The third-order valence-corrected chi connectivity index (χ3v) is 4.25. The van der Waals surface area contributed by atoms with Crippen molar-refractivity contribution in [3.05, 3.63) is 58.6 Å². The molecule has 0 bridgehead atoms. The Bertz CT molecular complexity index is 919. The van der Waals surface area contributed by atoms with E-state index in [0.29, 0.717) is 18.2 Å². The van der Waals surface area contributed by atoms with Crippen molar-refractivity contribution in [3.8, 4) is 23.1 Å². The molecular formula is C18H15BrN4O2. The van der Waals surface area contributed by atoms with E-state index in [1.165, 1.54) is 0 Å². The lowest BCUT2D eigenvalue weighted by Gasteiger charge is -2.19. The molecule has 1 unspecified atom stereocenters. The van der Waals surface area contributed by atoms with Crippen LogP contribution in [0.1, 0.15) is 18.7 Å². The fourth-order valence-electron chi connectivity index (χ4n) is 2.66. The first-order chi connectivity index (χ1) is 12.2. The molecule has 1 aromatic heterocycles. The summed E-state index contributed by atoms with van der Waals surface area (Å²) in [6.45, 7) is 2.33. The van der Waals surface area contributed by atoms with Crippen LogP contribution in [-0.4, -0.2) is 21.8 Å². The van der Waals surface area contributed by atoms with Gasteiger partial charge in [0.05, 0.1) is 6.61 Å². The average Bonchev–Trinajstić information content (AvgIpc) is 2.78. The minimum Gasteiger partial charge on any atom is -0.463 e. The van der Waals surface area contributed by atoms with E-state index in [1.807, 2.05) is 55.5 Å². The summed E-state index contributed by atoms with van der Waals surface area (Å²) >= 11 is 3.50. The van der Waals surface area contributed by atoms with Crippen LogP contribution in [0, 0.1) is 0 Å². The number of fused-ring (bicyclic) bond motifs is 3. The second kappa shape index (κ2) is 6.68. The normalized spacial score (nSPS) is 15.2. The van der Waals surface area contributed by atoms with E-state index >= 15 is 0 Å². The highest BCUT2D eigenvalue weighted by molar-refractivity contribution is 9.10. The zero-order valence-corrected chi connectivity index (χ0v) is 15.0. The first-order valence-electron chi connectivity index (χ1n) is 7.90. The lowest BCUT2D eigenvalue weighted by atomic mass is 10.1. The summed E-state index contributed by atoms with van der Waals surface area (Å²) in [6.07, 6.45) is -0.411. The van der Waals surface area contributed by atoms with E-state index in [0.717, 1.165) is 21.3 Å². The second-order valence-corrected chi connectivity index (χ2v) is 6.34. The highest BCUT2D eigenvalue weighted by atomic mass is 79.9. The van der Waals surface area contributed by atoms with Crippen molar-refractivity contribution in [2.45, 2.75) is 13.2 Å². The average molecular weight is 399 g/mol. The van der Waals surface area contributed by atoms with Crippen molar-refractivity contribution in [3.63, 3.8) is 0 Å². The molecule has 25 heavy (non-hydrogen) atoms. The smallest absolute Gasteiger partial charge is 0.339 e. The first kappa shape index (κ1) is 15.8. The Hall–Kier alpha value is -2.67. The van der Waals surface area contributed by atoms with Crippen LogP contribution < -0.4 is 14.8 Å². The minimum absolute atomic E-state index is 0.202. The maximum Gasteiger partial charge on any atom is 0.339 e. The number of anilines is 1. The number of hydrogen-bond donors (Lipinski definition) is 1. The number of aromatic nitrogens is 3. The molecule has 1 atom stereocenters. The van der Waals surface area contributed by atoms with E-state index in [4.69, 9.17) is 9.47 Å². The van der Waals surface area contributed by atoms with Crippen molar-refractivity contribution in [1.82, 2.24) is 15.2 Å². The molecule has 0 aliphatic carbocycles. The van der Waals surface area contributed by atoms with Gasteiger partial charge in [0.25, 0.3) is 0 Å². The fraction of sp³-hybridized carbons (Fsp3) is 0.167. The molecule has 1 aliphatic heterocycles. The number of halogens is 1. The van der Waals surface area contributed by atoms with Crippen LogP contribution in [0.15, 0.2) is 53.0 Å². The van der Waals surface area contributed by atoms with Crippen LogP contribution in [-0.2, 0) is 0 Å². The van der Waals surface area contributed by atoms with Crippen molar-refractivity contribution in [2.75, 3.05) is 11.9 Å². The van der Waals surface area contributed by atoms with Gasteiger partial charge in [-0.3, -0.25) is 0 Å². The summed E-state index contributed by atoms with van der Waals surface area (Å²) in [5, 5.41) is 11.7. The summed E-state index contributed by atoms with van der Waals surface area (Å²) < 4.78 is 12.5. The molecule has 126 valence electrons. The van der Waals surface area contributed by atoms with Gasteiger partial charge >= 0.3 is 6.01 Å². The van der Waals surface area contributed by atoms with E-state index in [1.54, 1.807) is 0 Å². The number of ether oxygens (including phenoxy) is 2. The molecule has 0 radical (unpaired) electrons. The molecule has 4 rings (SSSR count). The van der Waals surface area contributed by atoms with Gasteiger partial charge in [-0.1, -0.05) is 51.4 Å². The third-order valence-electron chi connectivity index (χ3n) is 3.76. The van der Waals surface area contributed by atoms with Crippen LogP contribution in [0.4, 0.5) is 5.69 Å². The number of para-hydroxylation sites is 1. The predicted octanol–water partition coefficient (Wildman–Crippen LogP) is 4.20. The van der Waals surface area contributed by atoms with Crippen LogP contribution in [0.2, 0.25) is 0 Å². The highest BCUT2D eigenvalue weighted by Crippen LogP contribution is 2.39. The van der Waals surface area contributed by atoms with Gasteiger partial charge in [-0.15, -0.1) is 5.10 Å². The van der Waals surface area contributed by atoms with Gasteiger partial charge in [-0.25, -0.2) is 0 Å². The molecule has 2 aromatic carbocycles. The van der Waals surface area contributed by atoms with Crippen LogP contribution in [0.3, 0.4) is 0 Å². The molecule has 0 amide bonds. The SMILES string of the molecule is CCOc1nnc2c(n1)OC(c1cccc(Br)c1)Nc1ccccc1-2. The molecule has 0 spiro atoms. The maximum atomic E-state index is 6.14. The van der Waals surface area contributed by atoms with Crippen LogP contribution >= 0.6 is 15.9 Å². The second-order valence-electron chi connectivity index (χ2n) is 5.42. The highest BCUT2D eigenvalue weighted by Gasteiger charge is 2.26. The van der Waals surface area contributed by atoms with Crippen molar-refractivity contribution in [1.29, 1.82) is 0 Å². The van der Waals surface area contributed by atoms with Crippen LogP contribution in [0.25, 0.3) is 11.3 Å². The first-order valence-corrected chi connectivity index (χ1v) is 8.69. The Morgan fingerprint density at radius 3 is 2.88 bits per heavy atom. The minimum atomic E-state index is -0.411. The van der Waals surface area contributed by atoms with Gasteiger partial charge in [0.2, 0.25) is 5.88 Å². The van der Waals surface area contributed by atoms with E-state index in [2.05, 4.69) is 36.4 Å². The fourth-order valence-corrected chi connectivity index (χ4v) is 3.08. The molecule has 1 aliphatic rings. The van der Waals surface area contributed by atoms with Gasteiger partial charge in [0.15, 0.2) is 11.9 Å². The van der Waals surface area contributed by atoms with Crippen molar-refractivity contribution in [2.24, 2.45) is 0 Å². The van der Waals surface area contributed by atoms with E-state index in [-0.39, 0.29) is 6.01 Å². The monoisotopic (exact) mass is 398 g/mol. The van der Waals surface area contributed by atoms with Crippen LogP contribution in [0.5, 0.6) is 11.9 Å². The van der Waals surface area contributed by atoms with Gasteiger partial charge in [-0.05, 0) is 25.1 Å². The summed E-state index contributed by atoms with van der Waals surface area (Å²) in [5.74, 6) is 0.390. The Morgan fingerprint density at radius 1 is 1.16 bits per heavy atom. The zero-order valence-electron chi connectivity index (χ0n) is 13.4. The van der Waals surface area contributed by atoms with Gasteiger partial charge in [0, 0.05) is 21.3 Å². The number of nitrogens with zero attached hydrogens (tertiary/aromatic N) is 3. The number of hydrogen-bond acceptors (Lipinski definition) is 6. The summed E-state index contributed by atoms with van der Waals surface area (Å²) in [4.78, 5) is 4.39. The Kier molecular flexibility index (Phi) is 4.23. The molecule has 3 aromatic rings. The topological polar surface area (TPSA) is 69.2 Å². The zero-order chi connectivity index (χ0) is 17.2. The Morgan fingerprint density at radius 2 is 2.04 bits per heavy atom. The predicted molar refractivity (Wildman–Crippen MR) is 97.6 cm³/mol. The van der Waals surface area contributed by atoms with Gasteiger partial charge in [-0.2, -0.15) is 4.98 Å². The Balaban J connectivity index is 1.84. The molecule has 0 saturated heterocycles. The molecule has 0 saturated carbocycles. The molecular weight excluding hydrogens is 384 g/mol. The quantitative estimate of drug-likeness (QED) is 0.712. The van der Waals surface area contributed by atoms with Crippen molar-refractivity contribution < 1.29 is 9.47 Å². The van der Waals surface area contributed by atoms with E-state index in [9.17, 15) is 0 Å². The van der Waals surface area contributed by atoms with Gasteiger partial charge in [0.1, 0.15) is 0 Å². The molecule has 1 N–H and O–H groups in total. The molecule has 6 nitrogen and oxygen atoms in total. The lowest BCUT2D eigenvalue weighted by molar-refractivity contribution is 0.220. The third kappa shape index (κ3) is 3.15. The maximum absolute atomic E-state index is 6.14. The van der Waals surface area contributed by atoms with Gasteiger partial charge < -0.3 is 14.8 Å². The summed E-state index contributed by atoms with van der Waals surface area (Å²) in [6, 6.07) is 16.0. The summed E-state index contributed by atoms with van der Waals surface area (Å²) in [5.41, 5.74) is 3.35. The molecule has 0 fully saturated rings. The lowest BCUT2D eigenvalue weighted by Crippen LogP contribution is -2.17. The molecule has 7 heteroatoms. The standard InChI is InChI=1S/C18H15BrN4O2/c1-2-24-18-21-17-15(22-23-18)13-8-3-4-9-14(13)20-16(25-17)11-6-5-7-12(19)10-11/h3-10,16,20H,2H2,1H3. The largest absolute Gasteiger partial charge is 0.463 e.